The van der Waals surface area contributed by atoms with Crippen LogP contribution < -0.4 is 4.90 Å². The van der Waals surface area contributed by atoms with Crippen molar-refractivity contribution in [2.45, 2.75) is 38.5 Å². The van der Waals surface area contributed by atoms with Gasteiger partial charge in [-0.3, -0.25) is 0 Å². The van der Waals surface area contributed by atoms with Gasteiger partial charge in [-0.05, 0) is 126 Å². The van der Waals surface area contributed by atoms with E-state index in [-0.39, 0.29) is 10.8 Å². The molecule has 0 bridgehead atoms. The van der Waals surface area contributed by atoms with Gasteiger partial charge in [0.25, 0.3) is 0 Å². The quantitative estimate of drug-likeness (QED) is 0.183. The first-order valence-corrected chi connectivity index (χ1v) is 18.1. The summed E-state index contributed by atoms with van der Waals surface area (Å²) in [6.07, 6.45) is 0. The minimum atomic E-state index is -0.194. The molecule has 0 saturated carbocycles. The number of hydrogen-bond acceptors (Lipinski definition) is 1. The first-order chi connectivity index (χ1) is 24.8. The molecule has 51 heavy (non-hydrogen) atoms. The fraction of sp³-hybridized carbons (Fsp3) is 0.120. The van der Waals surface area contributed by atoms with Crippen molar-refractivity contribution >= 4 is 38.6 Å². The predicted octanol–water partition coefficient (Wildman–Crippen LogP) is 13.7. The Morgan fingerprint density at radius 2 is 0.941 bits per heavy atom. The maximum absolute atomic E-state index is 2.51. The predicted molar refractivity (Wildman–Crippen MR) is 217 cm³/mol. The summed E-state index contributed by atoms with van der Waals surface area (Å²) in [5.74, 6) is 0. The first kappa shape index (κ1) is 29.9. The van der Waals surface area contributed by atoms with Crippen LogP contribution in [0.3, 0.4) is 0 Å². The van der Waals surface area contributed by atoms with Crippen molar-refractivity contribution in [1.29, 1.82) is 0 Å². The van der Waals surface area contributed by atoms with Crippen LogP contribution in [0.15, 0.2) is 164 Å². The van der Waals surface area contributed by atoms with Crippen LogP contribution in [0, 0.1) is 0 Å². The van der Waals surface area contributed by atoms with Gasteiger partial charge in [-0.15, -0.1) is 0 Å². The van der Waals surface area contributed by atoms with E-state index in [9.17, 15) is 0 Å². The van der Waals surface area contributed by atoms with Crippen LogP contribution in [-0.2, 0) is 10.8 Å². The normalized spacial score (nSPS) is 14.6. The van der Waals surface area contributed by atoms with Crippen molar-refractivity contribution in [2.75, 3.05) is 4.90 Å². The molecule has 10 rings (SSSR count). The standard InChI is InChI=1S/C50H39N/c1-49(2)44-18-10-9-16-40(44)41-27-26-39(31-46(41)49)51(38-24-22-33(23-25-38)37-21-20-32-12-5-6-13-34(32)28-37)47-19-11-17-42-43-29-35-14-7-8-15-36(35)30-45(43)50(3,4)48(42)47/h5-31H,1-4H3. The molecular weight excluding hydrogens is 615 g/mol. The molecule has 244 valence electrons. The number of benzene rings is 8. The highest BCUT2D eigenvalue weighted by molar-refractivity contribution is 5.97. The summed E-state index contributed by atoms with van der Waals surface area (Å²) in [4.78, 5) is 2.51. The lowest BCUT2D eigenvalue weighted by Crippen LogP contribution is -2.21. The zero-order valence-electron chi connectivity index (χ0n) is 29.5. The Bertz CT molecular complexity index is 2690. The highest BCUT2D eigenvalue weighted by Gasteiger charge is 2.40. The molecule has 0 atom stereocenters. The third-order valence-electron chi connectivity index (χ3n) is 11.8. The first-order valence-electron chi connectivity index (χ1n) is 18.1. The van der Waals surface area contributed by atoms with Gasteiger partial charge in [0.05, 0.1) is 5.69 Å². The molecule has 1 heteroatoms. The van der Waals surface area contributed by atoms with Gasteiger partial charge >= 0.3 is 0 Å². The molecule has 0 radical (unpaired) electrons. The van der Waals surface area contributed by atoms with Crippen molar-refractivity contribution in [3.63, 3.8) is 0 Å². The molecule has 2 aliphatic rings. The lowest BCUT2D eigenvalue weighted by atomic mass is 9.80. The van der Waals surface area contributed by atoms with Crippen LogP contribution in [0.2, 0.25) is 0 Å². The molecule has 8 aromatic rings. The van der Waals surface area contributed by atoms with Gasteiger partial charge in [-0.25, -0.2) is 0 Å². The Morgan fingerprint density at radius 3 is 1.73 bits per heavy atom. The third-order valence-corrected chi connectivity index (χ3v) is 11.8. The summed E-state index contributed by atoms with van der Waals surface area (Å²) < 4.78 is 0. The average Bonchev–Trinajstić information content (AvgIpc) is 3.53. The summed E-state index contributed by atoms with van der Waals surface area (Å²) in [7, 11) is 0. The SMILES string of the molecule is CC1(C)c2ccccc2-c2ccc(N(c3ccc(-c4ccc5ccccc5c4)cc3)c3cccc4c3C(C)(C)c3cc5ccccc5cc3-4)cc21. The third kappa shape index (κ3) is 4.41. The van der Waals surface area contributed by atoms with Gasteiger partial charge in [0.15, 0.2) is 0 Å². The van der Waals surface area contributed by atoms with E-state index in [4.69, 9.17) is 0 Å². The summed E-state index contributed by atoms with van der Waals surface area (Å²) in [6, 6.07) is 61.1. The van der Waals surface area contributed by atoms with Crippen LogP contribution in [-0.4, -0.2) is 0 Å². The fourth-order valence-electron chi connectivity index (χ4n) is 9.15. The topological polar surface area (TPSA) is 3.24 Å². The molecule has 0 unspecified atom stereocenters. The average molecular weight is 654 g/mol. The molecular formula is C50H39N. The van der Waals surface area contributed by atoms with Crippen molar-refractivity contribution in [1.82, 2.24) is 0 Å². The summed E-state index contributed by atoms with van der Waals surface area (Å²) in [6.45, 7) is 9.54. The molecule has 0 aromatic heterocycles. The second-order valence-electron chi connectivity index (χ2n) is 15.4. The van der Waals surface area contributed by atoms with Crippen molar-refractivity contribution in [3.05, 3.63) is 186 Å². The molecule has 0 saturated heterocycles. The number of anilines is 3. The number of nitrogens with zero attached hydrogens (tertiary/aromatic N) is 1. The van der Waals surface area contributed by atoms with Crippen LogP contribution in [0.5, 0.6) is 0 Å². The van der Waals surface area contributed by atoms with E-state index in [0.29, 0.717) is 0 Å². The molecule has 0 N–H and O–H groups in total. The molecule has 0 fully saturated rings. The van der Waals surface area contributed by atoms with Gasteiger partial charge < -0.3 is 4.90 Å². The Balaban J connectivity index is 1.17. The van der Waals surface area contributed by atoms with E-state index >= 15 is 0 Å². The summed E-state index contributed by atoms with van der Waals surface area (Å²) in [5.41, 5.74) is 16.6. The van der Waals surface area contributed by atoms with Gasteiger partial charge in [-0.2, -0.15) is 0 Å². The molecule has 0 heterocycles. The Hall–Kier alpha value is -5.92. The summed E-state index contributed by atoms with van der Waals surface area (Å²) >= 11 is 0. The van der Waals surface area contributed by atoms with Gasteiger partial charge in [0.1, 0.15) is 0 Å². The van der Waals surface area contributed by atoms with E-state index in [2.05, 4.69) is 196 Å². The molecule has 1 nitrogen and oxygen atoms in total. The number of fused-ring (bicyclic) bond motifs is 8. The molecule has 0 aliphatic heterocycles. The van der Waals surface area contributed by atoms with E-state index < -0.39 is 0 Å². The zero-order chi connectivity index (χ0) is 34.5. The molecule has 0 amide bonds. The maximum atomic E-state index is 2.51. The Labute approximate surface area is 300 Å². The zero-order valence-corrected chi connectivity index (χ0v) is 29.5. The number of rotatable bonds is 4. The van der Waals surface area contributed by atoms with Crippen molar-refractivity contribution in [2.24, 2.45) is 0 Å². The molecule has 8 aromatic carbocycles. The Kier molecular flexibility index (Phi) is 6.34. The second kappa shape index (κ2) is 10.8. The van der Waals surface area contributed by atoms with E-state index in [1.54, 1.807) is 0 Å². The highest BCUT2D eigenvalue weighted by Crippen LogP contribution is 2.56. The molecule has 0 spiro atoms. The van der Waals surface area contributed by atoms with Crippen molar-refractivity contribution < 1.29 is 0 Å². The lowest BCUT2D eigenvalue weighted by Gasteiger charge is -2.33. The Morgan fingerprint density at radius 1 is 0.353 bits per heavy atom. The monoisotopic (exact) mass is 653 g/mol. The largest absolute Gasteiger partial charge is 0.310 e. The number of hydrogen-bond donors (Lipinski definition) is 0. The molecule has 2 aliphatic carbocycles. The van der Waals surface area contributed by atoms with Gasteiger partial charge in [-0.1, -0.05) is 143 Å². The smallest absolute Gasteiger partial charge is 0.0508 e. The van der Waals surface area contributed by atoms with Crippen molar-refractivity contribution in [3.8, 4) is 33.4 Å². The summed E-state index contributed by atoms with van der Waals surface area (Å²) in [5, 5.41) is 5.10. The van der Waals surface area contributed by atoms with E-state index in [1.807, 2.05) is 0 Å². The van der Waals surface area contributed by atoms with Crippen LogP contribution in [0.1, 0.15) is 49.9 Å². The van der Waals surface area contributed by atoms with Crippen LogP contribution in [0.4, 0.5) is 17.1 Å². The highest BCUT2D eigenvalue weighted by atomic mass is 15.1. The minimum absolute atomic E-state index is 0.0954. The minimum Gasteiger partial charge on any atom is -0.310 e. The van der Waals surface area contributed by atoms with Crippen LogP contribution >= 0.6 is 0 Å². The fourth-order valence-corrected chi connectivity index (χ4v) is 9.15. The second-order valence-corrected chi connectivity index (χ2v) is 15.4. The van der Waals surface area contributed by atoms with Gasteiger partial charge in [0, 0.05) is 22.2 Å². The maximum Gasteiger partial charge on any atom is 0.0508 e. The van der Waals surface area contributed by atoms with Gasteiger partial charge in [0.2, 0.25) is 0 Å². The lowest BCUT2D eigenvalue weighted by molar-refractivity contribution is 0.659. The van der Waals surface area contributed by atoms with Crippen LogP contribution in [0.25, 0.3) is 54.9 Å². The van der Waals surface area contributed by atoms with E-state index in [1.165, 1.54) is 88.6 Å². The van der Waals surface area contributed by atoms with E-state index in [0.717, 1.165) is 5.69 Å².